The van der Waals surface area contributed by atoms with Crippen LogP contribution < -0.4 is 0 Å². The molecule has 0 aromatic carbocycles. The molecule has 0 aromatic rings. The number of hydrogen-bond acceptors (Lipinski definition) is 30. The Balaban J connectivity index is 0.000000591. The van der Waals surface area contributed by atoms with Gasteiger partial charge >= 0.3 is 134 Å². The first-order valence-electron chi connectivity index (χ1n) is 24.2. The maximum absolute atomic E-state index is 12.7. The van der Waals surface area contributed by atoms with Gasteiger partial charge in [-0.1, -0.05) is 0 Å². The number of halogens is 26. The molecule has 564 valence electrons. The second kappa shape index (κ2) is 36.0. The predicted octanol–water partition coefficient (Wildman–Crippen LogP) is 7.01. The Bertz CT molecular complexity index is 2750. The molecule has 0 N–H and O–H groups in total. The van der Waals surface area contributed by atoms with Gasteiger partial charge in [0.25, 0.3) is 6.10 Å². The summed E-state index contributed by atoms with van der Waals surface area (Å²) >= 11 is 5.37. The summed E-state index contributed by atoms with van der Waals surface area (Å²) in [6.45, 7) is -11.1. The summed E-state index contributed by atoms with van der Waals surface area (Å²) in [5.74, 6) is -29.7. The third-order valence-electron chi connectivity index (χ3n) is 9.60. The Morgan fingerprint density at radius 1 is 0.378 bits per heavy atom. The van der Waals surface area contributed by atoms with E-state index >= 15 is 0 Å². The fourth-order valence-corrected chi connectivity index (χ4v) is 5.06. The summed E-state index contributed by atoms with van der Waals surface area (Å²) in [6.07, 6.45) is -52.4. The number of ether oxygens (including phenoxy) is 18. The molecule has 6 aliphatic heterocycles. The van der Waals surface area contributed by atoms with Crippen LogP contribution in [-0.2, 0) is 114 Å². The summed E-state index contributed by atoms with van der Waals surface area (Å²) in [4.78, 5) is 128. The van der Waals surface area contributed by atoms with Crippen molar-refractivity contribution in [3.8, 4) is 0 Å². The van der Waals surface area contributed by atoms with Crippen LogP contribution in [0, 0.1) is 0 Å². The average molecular weight is 1530 g/mol. The summed E-state index contributed by atoms with van der Waals surface area (Å²) in [5.41, 5.74) is 0. The van der Waals surface area contributed by atoms with Gasteiger partial charge in [-0.25, -0.2) is 66.3 Å². The summed E-state index contributed by atoms with van der Waals surface area (Å²) in [7, 11) is 0. The molecule has 0 bridgehead atoms. The van der Waals surface area contributed by atoms with Crippen molar-refractivity contribution in [1.29, 1.82) is 0 Å². The molecule has 6 unspecified atom stereocenters. The minimum atomic E-state index is -6.52. The van der Waals surface area contributed by atoms with Crippen LogP contribution in [0.25, 0.3) is 0 Å². The summed E-state index contributed by atoms with van der Waals surface area (Å²) in [6, 6.07) is 0. The molecule has 6 rings (SSSR count). The minimum absolute atomic E-state index is 0.0709. The average Bonchev–Trinajstić information content (AvgIpc) is 1.17. The first-order chi connectivity index (χ1) is 44.5. The topological polar surface area (TPSA) is 371 Å². The van der Waals surface area contributed by atoms with Gasteiger partial charge < -0.3 is 85.3 Å². The molecule has 0 aliphatic carbocycles. The highest BCUT2D eigenvalue weighted by Gasteiger charge is 2.73. The van der Waals surface area contributed by atoms with Gasteiger partial charge in [-0.3, -0.25) is 0 Å². The molecule has 6 atom stereocenters. The molecule has 0 spiro atoms. The van der Waals surface area contributed by atoms with Crippen molar-refractivity contribution >= 4 is 84.3 Å². The molecule has 0 amide bonds. The quantitative estimate of drug-likeness (QED) is 0.0412. The van der Waals surface area contributed by atoms with E-state index in [2.05, 4.69) is 80.5 Å². The Hall–Kier alpha value is -9.02. The lowest BCUT2D eigenvalue weighted by Gasteiger charge is -2.27. The summed E-state index contributed by atoms with van der Waals surface area (Å²) in [5, 5.41) is 0. The number of carbonyl (C=O) groups is 12. The molecule has 0 saturated carbocycles. The van der Waals surface area contributed by atoms with E-state index in [0.717, 1.165) is 0 Å². The van der Waals surface area contributed by atoms with Crippen molar-refractivity contribution in [3.05, 3.63) is 0 Å². The number of cyclic esters (lactones) is 12. The zero-order valence-electron chi connectivity index (χ0n) is 46.4. The minimum Gasteiger partial charge on any atom is -0.463 e. The zero-order valence-corrected chi connectivity index (χ0v) is 47.1. The van der Waals surface area contributed by atoms with E-state index in [1.54, 1.807) is 0 Å². The van der Waals surface area contributed by atoms with Gasteiger partial charge in [0.2, 0.25) is 36.6 Å². The Morgan fingerprint density at radius 3 is 0.878 bits per heavy atom. The highest BCUT2D eigenvalue weighted by atomic mass is 35.5. The molecule has 6 saturated heterocycles. The molecular weight excluding hydrogens is 1490 g/mol. The molecule has 56 heteroatoms. The van der Waals surface area contributed by atoms with E-state index in [9.17, 15) is 167 Å². The number of esters is 6. The van der Waals surface area contributed by atoms with E-state index < -0.39 is 236 Å². The van der Waals surface area contributed by atoms with Crippen LogP contribution in [0.15, 0.2) is 0 Å². The number of rotatable bonds is 19. The molecule has 98 heavy (non-hydrogen) atoms. The van der Waals surface area contributed by atoms with E-state index in [4.69, 9.17) is 16.3 Å². The predicted molar refractivity (Wildman–Crippen MR) is 233 cm³/mol. The molecule has 0 radical (unpaired) electrons. The van der Waals surface area contributed by atoms with Crippen LogP contribution in [0.5, 0.6) is 0 Å². The van der Waals surface area contributed by atoms with Gasteiger partial charge in [0, 0.05) is 5.88 Å². The van der Waals surface area contributed by atoms with Gasteiger partial charge in [-0.05, 0) is 6.42 Å². The maximum Gasteiger partial charge on any atom is 0.509 e. The van der Waals surface area contributed by atoms with E-state index in [0.29, 0.717) is 12.3 Å². The largest absolute Gasteiger partial charge is 0.509 e. The number of hydrogen-bond donors (Lipinski definition) is 0. The van der Waals surface area contributed by atoms with Crippen molar-refractivity contribution in [1.82, 2.24) is 0 Å². The van der Waals surface area contributed by atoms with Gasteiger partial charge in [-0.2, -0.15) is 101 Å². The first kappa shape index (κ1) is 87.0. The van der Waals surface area contributed by atoms with Gasteiger partial charge in [-0.15, -0.1) is 11.6 Å². The molecular formula is C42H34ClF25O30. The van der Waals surface area contributed by atoms with Crippen molar-refractivity contribution in [2.24, 2.45) is 0 Å². The highest BCUT2D eigenvalue weighted by molar-refractivity contribution is 6.17. The lowest BCUT2D eigenvalue weighted by Crippen LogP contribution is -2.54. The maximum atomic E-state index is 12.7. The van der Waals surface area contributed by atoms with E-state index in [-0.39, 0.29) is 13.2 Å². The van der Waals surface area contributed by atoms with Gasteiger partial charge in [0.05, 0.1) is 6.61 Å². The third kappa shape index (κ3) is 29.8. The van der Waals surface area contributed by atoms with Crippen LogP contribution in [0.2, 0.25) is 0 Å². The second-order valence-corrected chi connectivity index (χ2v) is 17.6. The SMILES string of the molecule is O=C1OCC(C(=O)OC(C(F)(F)F)C(F)(F)F)O1.O=C1OCC(C(=O)OCC(F)(F)C(F)(F)C(F)(F)F)O1.O=C1OCC(C(=O)OCC(F)(F)C(F)(F)F)O1.O=C1OCC(C(=O)OCC(F)(F)C(F)F)O1.O=C1OCC(C(=O)OCC(F)(F)F)O1.O=C1OCC(C(=O)OCCCCl)O1. The molecule has 30 nitrogen and oxygen atoms in total. The monoisotopic (exact) mass is 1530 g/mol. The first-order valence-corrected chi connectivity index (χ1v) is 24.7. The zero-order chi connectivity index (χ0) is 76.0. The van der Waals surface area contributed by atoms with Crippen LogP contribution in [-0.4, -0.2) is 255 Å². The normalized spacial score (nSPS) is 20.7. The van der Waals surface area contributed by atoms with Crippen molar-refractivity contribution < 1.29 is 253 Å². The fraction of sp³-hybridized carbons (Fsp3) is 0.714. The number of alkyl halides is 26. The third-order valence-corrected chi connectivity index (χ3v) is 9.87. The van der Waals surface area contributed by atoms with Crippen molar-refractivity contribution in [2.45, 2.75) is 110 Å². The van der Waals surface area contributed by atoms with Gasteiger partial charge in [0.15, 0.2) is 26.4 Å². The standard InChI is InChI=1S/C8H5F7O5.C7H9ClO5.C7H4F6O5.C7H5F5O5.C7H6F4O5.C6H5F3O5/c9-6(10,7(11,12)8(13,14)15)2-19-4(16)3-1-18-5(17)20-3;8-2-1-3-11-6(9)5-4-12-7(10)13-5;8-6(9,10)4(7(11,12)13)18-3(14)2-1-16-5(15)17-2;8-6(9,7(10,11)12)2-16-4(13)3-1-15-5(14)17-3;8-5(9)7(10,11)2-15-4(12)3-1-14-6(13)16-3;7-6(8,9)2-13-4(10)3-1-12-5(11)14-3/h3H,1-2H2;5H,1-4H2;2,4H,1H2;3H,1-2H2;3,5H,1-2H2;3H,1-2H2. The Kier molecular flexibility index (Phi) is 32.0. The van der Waals surface area contributed by atoms with Crippen LogP contribution in [0.1, 0.15) is 6.42 Å². The van der Waals surface area contributed by atoms with Gasteiger partial charge in [0.1, 0.15) is 39.6 Å². The second-order valence-electron chi connectivity index (χ2n) is 17.2. The molecule has 6 heterocycles. The van der Waals surface area contributed by atoms with E-state index in [1.807, 2.05) is 0 Å². The summed E-state index contributed by atoms with van der Waals surface area (Å²) < 4.78 is 373. The lowest BCUT2D eigenvalue weighted by atomic mass is 10.2. The Labute approximate surface area is 525 Å². The molecule has 6 fully saturated rings. The van der Waals surface area contributed by atoms with Crippen LogP contribution in [0.3, 0.4) is 0 Å². The van der Waals surface area contributed by atoms with E-state index in [1.165, 1.54) is 0 Å². The Morgan fingerprint density at radius 2 is 0.643 bits per heavy atom. The van der Waals surface area contributed by atoms with Crippen molar-refractivity contribution in [3.63, 3.8) is 0 Å². The smallest absolute Gasteiger partial charge is 0.463 e. The lowest BCUT2D eigenvalue weighted by molar-refractivity contribution is -0.360. The highest BCUT2D eigenvalue weighted by Crippen LogP contribution is 2.47. The fourth-order valence-electron chi connectivity index (χ4n) is 4.95. The molecule has 0 aromatic heterocycles. The van der Waals surface area contributed by atoms with Crippen LogP contribution >= 0.6 is 11.6 Å². The van der Waals surface area contributed by atoms with Crippen LogP contribution in [0.4, 0.5) is 139 Å². The number of carbonyl (C=O) groups excluding carboxylic acids is 12. The molecule has 6 aliphatic rings. The van der Waals surface area contributed by atoms with Crippen molar-refractivity contribution in [2.75, 3.05) is 78.6 Å².